The van der Waals surface area contributed by atoms with E-state index in [4.69, 9.17) is 10.7 Å². The van der Waals surface area contributed by atoms with Crippen LogP contribution in [-0.2, 0) is 9.05 Å². The summed E-state index contributed by atoms with van der Waals surface area (Å²) in [6.07, 6.45) is -4.24. The minimum atomic E-state index is -5.00. The average molecular weight is 290 g/mol. The molecule has 1 aromatic heterocycles. The minimum absolute atomic E-state index is 0.0710. The Bertz CT molecular complexity index is 486. The molecule has 0 aliphatic rings. The van der Waals surface area contributed by atoms with Crippen LogP contribution in [0.3, 0.4) is 0 Å². The second kappa shape index (κ2) is 4.69. The Kier molecular flexibility index (Phi) is 3.88. The zero-order chi connectivity index (χ0) is 13.3. The molecule has 0 aliphatic heterocycles. The summed E-state index contributed by atoms with van der Waals surface area (Å²) in [6, 6.07) is 2.07. The first kappa shape index (κ1) is 14.0. The van der Waals surface area contributed by atoms with E-state index in [0.29, 0.717) is 0 Å². The lowest BCUT2D eigenvalue weighted by atomic mass is 10.2. The lowest BCUT2D eigenvalue weighted by Crippen LogP contribution is -2.25. The Hall–Kier alpha value is -1.02. The summed E-state index contributed by atoms with van der Waals surface area (Å²) in [6.45, 7) is 0. The van der Waals surface area contributed by atoms with Crippen LogP contribution in [0, 0.1) is 0 Å². The van der Waals surface area contributed by atoms with Gasteiger partial charge in [0.15, 0.2) is 5.25 Å². The molecular weight excluding hydrogens is 283 g/mol. The molecule has 1 heterocycles. The average Bonchev–Trinajstić information content (AvgIpc) is 2.14. The number of pyridine rings is 1. The van der Waals surface area contributed by atoms with E-state index in [-0.39, 0.29) is 5.88 Å². The van der Waals surface area contributed by atoms with Crippen LogP contribution < -0.4 is 4.74 Å². The standard InChI is InChI=1S/C8H7ClF3NO3S/c1-16-6-3-2-5(4-13-6)7(8(10,11)12)17(9,14)15/h2-4,7H,1H3. The Morgan fingerprint density at radius 2 is 2.00 bits per heavy atom. The van der Waals surface area contributed by atoms with Crippen LogP contribution in [0.25, 0.3) is 0 Å². The van der Waals surface area contributed by atoms with Gasteiger partial charge in [-0.2, -0.15) is 13.2 Å². The maximum Gasteiger partial charge on any atom is 0.410 e. The molecule has 1 unspecified atom stereocenters. The first-order chi connectivity index (χ1) is 7.66. The lowest BCUT2D eigenvalue weighted by Gasteiger charge is -2.17. The van der Waals surface area contributed by atoms with E-state index in [0.717, 1.165) is 18.3 Å². The van der Waals surface area contributed by atoms with Crippen LogP contribution in [-0.4, -0.2) is 26.7 Å². The van der Waals surface area contributed by atoms with Gasteiger partial charge in [-0.1, -0.05) is 6.07 Å². The summed E-state index contributed by atoms with van der Waals surface area (Å²) in [5.74, 6) is 0.0710. The Labute approximate surface area is 99.8 Å². The van der Waals surface area contributed by atoms with Gasteiger partial charge in [-0.25, -0.2) is 13.4 Å². The van der Waals surface area contributed by atoms with Crippen molar-refractivity contribution in [2.45, 2.75) is 11.4 Å². The zero-order valence-electron chi connectivity index (χ0n) is 8.40. The number of aromatic nitrogens is 1. The van der Waals surface area contributed by atoms with Gasteiger partial charge in [0.25, 0.3) is 0 Å². The predicted molar refractivity (Wildman–Crippen MR) is 54.4 cm³/mol. The third-order valence-corrected chi connectivity index (χ3v) is 3.49. The summed E-state index contributed by atoms with van der Waals surface area (Å²) in [7, 11) is 1.24. The fraction of sp³-hybridized carbons (Fsp3) is 0.375. The second-order valence-electron chi connectivity index (χ2n) is 3.03. The van der Waals surface area contributed by atoms with Crippen molar-refractivity contribution in [1.29, 1.82) is 0 Å². The Morgan fingerprint density at radius 3 is 2.29 bits per heavy atom. The number of rotatable bonds is 3. The van der Waals surface area contributed by atoms with E-state index < -0.39 is 26.0 Å². The topological polar surface area (TPSA) is 56.3 Å². The van der Waals surface area contributed by atoms with Crippen molar-refractivity contribution in [3.63, 3.8) is 0 Å². The smallest absolute Gasteiger partial charge is 0.410 e. The van der Waals surface area contributed by atoms with Gasteiger partial charge in [-0.3, -0.25) is 0 Å². The minimum Gasteiger partial charge on any atom is -0.481 e. The third kappa shape index (κ3) is 3.47. The van der Waals surface area contributed by atoms with Crippen LogP contribution >= 0.6 is 10.7 Å². The number of ether oxygens (including phenoxy) is 1. The summed E-state index contributed by atoms with van der Waals surface area (Å²) in [5, 5.41) is -2.80. The largest absolute Gasteiger partial charge is 0.481 e. The third-order valence-electron chi connectivity index (χ3n) is 1.85. The fourth-order valence-corrected chi connectivity index (χ4v) is 2.57. The summed E-state index contributed by atoms with van der Waals surface area (Å²) in [5.41, 5.74) is -0.562. The predicted octanol–water partition coefficient (Wildman–Crippen LogP) is 2.26. The number of nitrogens with zero attached hydrogens (tertiary/aromatic N) is 1. The molecule has 0 fully saturated rings. The van der Waals surface area contributed by atoms with E-state index in [1.807, 2.05) is 0 Å². The first-order valence-electron chi connectivity index (χ1n) is 4.16. The molecular formula is C8H7ClF3NO3S. The van der Waals surface area contributed by atoms with Crippen molar-refractivity contribution in [1.82, 2.24) is 4.98 Å². The summed E-state index contributed by atoms with van der Waals surface area (Å²) in [4.78, 5) is 3.50. The van der Waals surface area contributed by atoms with Crippen LogP contribution in [0.2, 0.25) is 0 Å². The van der Waals surface area contributed by atoms with Gasteiger partial charge >= 0.3 is 6.18 Å². The molecule has 0 bridgehead atoms. The fourth-order valence-electron chi connectivity index (χ4n) is 1.18. The van der Waals surface area contributed by atoms with Crippen molar-refractivity contribution < 1.29 is 26.3 Å². The number of alkyl halides is 3. The van der Waals surface area contributed by atoms with Gasteiger partial charge in [0, 0.05) is 22.9 Å². The normalized spacial score (nSPS) is 14.4. The van der Waals surface area contributed by atoms with Crippen LogP contribution in [0.5, 0.6) is 5.88 Å². The van der Waals surface area contributed by atoms with Gasteiger partial charge < -0.3 is 4.74 Å². The van der Waals surface area contributed by atoms with Crippen LogP contribution in [0.1, 0.15) is 10.8 Å². The van der Waals surface area contributed by atoms with E-state index >= 15 is 0 Å². The lowest BCUT2D eigenvalue weighted by molar-refractivity contribution is -0.131. The molecule has 0 aromatic carbocycles. The highest BCUT2D eigenvalue weighted by molar-refractivity contribution is 8.14. The molecule has 4 nitrogen and oxygen atoms in total. The van der Waals surface area contributed by atoms with E-state index in [1.165, 1.54) is 7.11 Å². The quantitative estimate of drug-likeness (QED) is 0.801. The Morgan fingerprint density at radius 1 is 1.41 bits per heavy atom. The number of hydrogen-bond acceptors (Lipinski definition) is 4. The highest BCUT2D eigenvalue weighted by Crippen LogP contribution is 2.40. The van der Waals surface area contributed by atoms with E-state index in [9.17, 15) is 21.6 Å². The Balaban J connectivity index is 3.24. The van der Waals surface area contributed by atoms with Crippen LogP contribution in [0.15, 0.2) is 18.3 Å². The highest BCUT2D eigenvalue weighted by Gasteiger charge is 2.49. The van der Waals surface area contributed by atoms with E-state index in [1.54, 1.807) is 0 Å². The van der Waals surface area contributed by atoms with Gasteiger partial charge in [0.2, 0.25) is 14.9 Å². The van der Waals surface area contributed by atoms with Gasteiger partial charge in [-0.15, -0.1) is 0 Å². The zero-order valence-corrected chi connectivity index (χ0v) is 9.97. The van der Waals surface area contributed by atoms with Crippen molar-refractivity contribution in [3.05, 3.63) is 23.9 Å². The molecule has 9 heteroatoms. The highest BCUT2D eigenvalue weighted by atomic mass is 35.7. The molecule has 96 valence electrons. The van der Waals surface area contributed by atoms with Gasteiger partial charge in [-0.05, 0) is 5.56 Å². The molecule has 17 heavy (non-hydrogen) atoms. The number of methoxy groups -OCH3 is 1. The maximum atomic E-state index is 12.6. The van der Waals surface area contributed by atoms with Crippen molar-refractivity contribution in [2.75, 3.05) is 7.11 Å². The summed E-state index contributed by atoms with van der Waals surface area (Å²) >= 11 is 0. The maximum absolute atomic E-state index is 12.6. The molecule has 0 N–H and O–H groups in total. The summed E-state index contributed by atoms with van der Waals surface area (Å²) < 4.78 is 64.2. The van der Waals surface area contributed by atoms with Crippen molar-refractivity contribution in [2.24, 2.45) is 0 Å². The molecule has 1 atom stereocenters. The molecule has 0 spiro atoms. The SMILES string of the molecule is COc1ccc(C(C(F)(F)F)S(=O)(=O)Cl)cn1. The molecule has 0 amide bonds. The number of halogens is 4. The second-order valence-corrected chi connectivity index (χ2v) is 5.74. The molecule has 0 saturated heterocycles. The first-order valence-corrected chi connectivity index (χ1v) is 6.53. The molecule has 1 rings (SSSR count). The van der Waals surface area contributed by atoms with Crippen molar-refractivity contribution in [3.8, 4) is 5.88 Å². The molecule has 1 aromatic rings. The molecule has 0 saturated carbocycles. The number of hydrogen-bond donors (Lipinski definition) is 0. The molecule has 0 aliphatic carbocycles. The van der Waals surface area contributed by atoms with Gasteiger partial charge in [0.1, 0.15) is 0 Å². The van der Waals surface area contributed by atoms with E-state index in [2.05, 4.69) is 9.72 Å². The monoisotopic (exact) mass is 289 g/mol. The van der Waals surface area contributed by atoms with Crippen LogP contribution in [0.4, 0.5) is 13.2 Å². The van der Waals surface area contributed by atoms with Crippen molar-refractivity contribution >= 4 is 19.7 Å². The van der Waals surface area contributed by atoms with Gasteiger partial charge in [0.05, 0.1) is 7.11 Å². The molecule has 0 radical (unpaired) electrons.